The molecule has 3 aromatic rings. The van der Waals surface area contributed by atoms with Crippen molar-refractivity contribution in [1.29, 1.82) is 5.26 Å². The fourth-order valence-corrected chi connectivity index (χ4v) is 4.14. The zero-order valence-electron chi connectivity index (χ0n) is 18.8. The van der Waals surface area contributed by atoms with E-state index in [1.165, 1.54) is 0 Å². The smallest absolute Gasteiger partial charge is 0.232 e. The van der Waals surface area contributed by atoms with E-state index in [1.807, 2.05) is 38.1 Å². The molecule has 4 rings (SSSR count). The quantitative estimate of drug-likeness (QED) is 0.446. The molecule has 0 fully saturated rings. The summed E-state index contributed by atoms with van der Waals surface area (Å²) in [6.45, 7) is 4.02. The summed E-state index contributed by atoms with van der Waals surface area (Å²) in [7, 11) is 0. The number of nitriles is 1. The first kappa shape index (κ1) is 23.2. The number of ether oxygens (including phenoxy) is 1. The molecule has 1 aliphatic heterocycles. The molecule has 1 aliphatic rings. The van der Waals surface area contributed by atoms with Crippen molar-refractivity contribution in [3.63, 3.8) is 0 Å². The Bertz CT molecular complexity index is 1270. The summed E-state index contributed by atoms with van der Waals surface area (Å²) in [5.74, 6) is 0.412. The molecule has 6 nitrogen and oxygen atoms in total. The molecular formula is C27H24ClN3O3. The number of anilines is 1. The normalized spacial score (nSPS) is 16.4. The minimum absolute atomic E-state index is 0.0431. The molecule has 0 saturated carbocycles. The highest BCUT2D eigenvalue weighted by Crippen LogP contribution is 2.36. The van der Waals surface area contributed by atoms with Crippen molar-refractivity contribution in [2.45, 2.75) is 25.7 Å². The maximum Gasteiger partial charge on any atom is 0.232 e. The van der Waals surface area contributed by atoms with Gasteiger partial charge in [0.1, 0.15) is 23.2 Å². The van der Waals surface area contributed by atoms with Crippen molar-refractivity contribution >= 4 is 29.0 Å². The minimum atomic E-state index is -0.436. The number of hydrogen-bond acceptors (Lipinski definition) is 5. The van der Waals surface area contributed by atoms with Gasteiger partial charge in [0.15, 0.2) is 0 Å². The van der Waals surface area contributed by atoms with Crippen LogP contribution < -0.4 is 11.1 Å². The lowest BCUT2D eigenvalue weighted by Gasteiger charge is -2.22. The Morgan fingerprint density at radius 1 is 1.12 bits per heavy atom. The van der Waals surface area contributed by atoms with E-state index in [-0.39, 0.29) is 23.6 Å². The molecule has 172 valence electrons. The third-order valence-corrected chi connectivity index (χ3v) is 5.95. The molecule has 2 aromatic carbocycles. The van der Waals surface area contributed by atoms with Crippen molar-refractivity contribution in [2.75, 3.05) is 5.32 Å². The topological polar surface area (TPSA) is 101 Å². The van der Waals surface area contributed by atoms with Crippen LogP contribution in [-0.4, -0.2) is 5.91 Å². The second-order valence-electron chi connectivity index (χ2n) is 8.36. The van der Waals surface area contributed by atoms with E-state index in [1.54, 1.807) is 48.7 Å². The molecule has 1 amide bonds. The van der Waals surface area contributed by atoms with Gasteiger partial charge in [0, 0.05) is 16.3 Å². The van der Waals surface area contributed by atoms with E-state index in [0.29, 0.717) is 27.8 Å². The fourth-order valence-electron chi connectivity index (χ4n) is 4.01. The van der Waals surface area contributed by atoms with Gasteiger partial charge in [0.2, 0.25) is 11.8 Å². The minimum Gasteiger partial charge on any atom is -0.468 e. The van der Waals surface area contributed by atoms with Gasteiger partial charge < -0.3 is 20.2 Å². The van der Waals surface area contributed by atoms with Gasteiger partial charge in [-0.05, 0) is 66.1 Å². The Balaban J connectivity index is 1.53. The van der Waals surface area contributed by atoms with E-state index >= 15 is 0 Å². The second kappa shape index (κ2) is 9.90. The van der Waals surface area contributed by atoms with Crippen LogP contribution in [0.4, 0.5) is 5.69 Å². The summed E-state index contributed by atoms with van der Waals surface area (Å²) in [5.41, 5.74) is 8.65. The first-order valence-corrected chi connectivity index (χ1v) is 11.2. The zero-order valence-corrected chi connectivity index (χ0v) is 19.5. The molecule has 0 bridgehead atoms. The molecule has 2 atom stereocenters. The number of carbonyl (C=O) groups excluding carboxylic acids is 1. The molecule has 2 unspecified atom stereocenters. The highest BCUT2D eigenvalue weighted by molar-refractivity contribution is 6.30. The van der Waals surface area contributed by atoms with Gasteiger partial charge in [-0.25, -0.2) is 0 Å². The highest BCUT2D eigenvalue weighted by Gasteiger charge is 2.28. The molecule has 34 heavy (non-hydrogen) atoms. The molecule has 2 heterocycles. The SMILES string of the molecule is CC(C)C(C(=O)Nc1ccc(C2=CC(c3ccco3)C(C#N)=C(N)O2)cc1)c1ccc(Cl)cc1. The molecule has 0 spiro atoms. The summed E-state index contributed by atoms with van der Waals surface area (Å²) >= 11 is 6.00. The number of furan rings is 1. The van der Waals surface area contributed by atoms with Crippen LogP contribution in [0.3, 0.4) is 0 Å². The molecule has 7 heteroatoms. The summed E-state index contributed by atoms with van der Waals surface area (Å²) in [6.07, 6.45) is 3.35. The van der Waals surface area contributed by atoms with Crippen molar-refractivity contribution in [3.05, 3.63) is 106 Å². The highest BCUT2D eigenvalue weighted by atomic mass is 35.5. The van der Waals surface area contributed by atoms with E-state index in [4.69, 9.17) is 26.5 Å². The maximum absolute atomic E-state index is 13.1. The second-order valence-corrected chi connectivity index (χ2v) is 8.79. The van der Waals surface area contributed by atoms with Gasteiger partial charge in [0.25, 0.3) is 0 Å². The van der Waals surface area contributed by atoms with Crippen LogP contribution >= 0.6 is 11.6 Å². The number of amides is 1. The van der Waals surface area contributed by atoms with Crippen molar-refractivity contribution < 1.29 is 13.9 Å². The van der Waals surface area contributed by atoms with E-state index in [2.05, 4.69) is 11.4 Å². The summed E-state index contributed by atoms with van der Waals surface area (Å²) in [6, 6.07) is 20.3. The van der Waals surface area contributed by atoms with Gasteiger partial charge in [-0.1, -0.05) is 37.6 Å². The number of nitrogens with zero attached hydrogens (tertiary/aromatic N) is 1. The molecule has 0 radical (unpaired) electrons. The van der Waals surface area contributed by atoms with Crippen LogP contribution in [0.25, 0.3) is 5.76 Å². The van der Waals surface area contributed by atoms with Crippen molar-refractivity contribution in [2.24, 2.45) is 11.7 Å². The summed E-state index contributed by atoms with van der Waals surface area (Å²) < 4.78 is 11.2. The molecule has 0 aliphatic carbocycles. The number of nitrogens with one attached hydrogen (secondary N) is 1. The number of nitrogens with two attached hydrogens (primary N) is 1. The Morgan fingerprint density at radius 3 is 2.41 bits per heavy atom. The van der Waals surface area contributed by atoms with Gasteiger partial charge in [-0.15, -0.1) is 0 Å². The number of carbonyl (C=O) groups is 1. The number of allylic oxidation sites excluding steroid dienone is 2. The summed E-state index contributed by atoms with van der Waals surface area (Å²) in [4.78, 5) is 13.1. The number of hydrogen-bond donors (Lipinski definition) is 2. The third-order valence-electron chi connectivity index (χ3n) is 5.70. The Morgan fingerprint density at radius 2 is 1.82 bits per heavy atom. The van der Waals surface area contributed by atoms with E-state index in [0.717, 1.165) is 11.1 Å². The average Bonchev–Trinajstić information content (AvgIpc) is 3.35. The fraction of sp³-hybridized carbons (Fsp3) is 0.185. The van der Waals surface area contributed by atoms with Crippen molar-refractivity contribution in [1.82, 2.24) is 0 Å². The molecule has 0 saturated heterocycles. The molecule has 1 aromatic heterocycles. The maximum atomic E-state index is 13.1. The predicted molar refractivity (Wildman–Crippen MR) is 131 cm³/mol. The first-order valence-electron chi connectivity index (χ1n) is 10.9. The van der Waals surface area contributed by atoms with E-state index in [9.17, 15) is 10.1 Å². The zero-order chi connectivity index (χ0) is 24.2. The van der Waals surface area contributed by atoms with Crippen LogP contribution in [-0.2, 0) is 9.53 Å². The standard InChI is InChI=1S/C27H24ClN3O3/c1-16(2)25(18-5-9-19(28)10-6-18)27(32)31-20-11-7-17(8-12-20)24-14-21(23-4-3-13-33-23)22(15-29)26(30)34-24/h3-14,16,21,25H,30H2,1-2H3,(H,31,32). The van der Waals surface area contributed by atoms with Gasteiger partial charge in [0.05, 0.1) is 18.1 Å². The van der Waals surface area contributed by atoms with Crippen LogP contribution in [0, 0.1) is 17.2 Å². The average molecular weight is 474 g/mol. The lowest BCUT2D eigenvalue weighted by Crippen LogP contribution is -2.25. The molecular weight excluding hydrogens is 450 g/mol. The Kier molecular flexibility index (Phi) is 6.76. The predicted octanol–water partition coefficient (Wildman–Crippen LogP) is 6.16. The Labute approximate surface area is 203 Å². The Hall–Kier alpha value is -3.95. The van der Waals surface area contributed by atoms with Gasteiger partial charge in [-0.3, -0.25) is 4.79 Å². The van der Waals surface area contributed by atoms with Gasteiger partial charge in [-0.2, -0.15) is 5.26 Å². The third kappa shape index (κ3) is 4.85. The van der Waals surface area contributed by atoms with Crippen LogP contribution in [0.1, 0.15) is 42.6 Å². The number of benzene rings is 2. The summed E-state index contributed by atoms with van der Waals surface area (Å²) in [5, 5.41) is 13.1. The largest absolute Gasteiger partial charge is 0.468 e. The first-order chi connectivity index (χ1) is 16.4. The van der Waals surface area contributed by atoms with Gasteiger partial charge >= 0.3 is 0 Å². The van der Waals surface area contributed by atoms with Crippen molar-refractivity contribution in [3.8, 4) is 6.07 Å². The van der Waals surface area contributed by atoms with E-state index < -0.39 is 5.92 Å². The molecule has 3 N–H and O–H groups in total. The van der Waals surface area contributed by atoms with Crippen LogP contribution in [0.15, 0.2) is 88.9 Å². The lowest BCUT2D eigenvalue weighted by molar-refractivity contribution is -0.118. The van der Waals surface area contributed by atoms with Crippen LogP contribution in [0.5, 0.6) is 0 Å². The number of halogens is 1. The monoisotopic (exact) mass is 473 g/mol. The lowest BCUT2D eigenvalue weighted by atomic mass is 9.87. The number of rotatable bonds is 6. The van der Waals surface area contributed by atoms with Crippen LogP contribution in [0.2, 0.25) is 5.02 Å².